The van der Waals surface area contributed by atoms with Gasteiger partial charge in [0.2, 0.25) is 0 Å². The first-order valence-electron chi connectivity index (χ1n) is 9.58. The average molecular weight is 410 g/mol. The lowest BCUT2D eigenvalue weighted by molar-refractivity contribution is 0.198. The molecule has 1 aromatic carbocycles. The van der Waals surface area contributed by atoms with E-state index in [4.69, 9.17) is 11.6 Å². The summed E-state index contributed by atoms with van der Waals surface area (Å²) in [5, 5.41) is 15.0. The Morgan fingerprint density at radius 3 is 3.03 bits per heavy atom. The van der Waals surface area contributed by atoms with Crippen molar-refractivity contribution >= 4 is 45.2 Å². The van der Waals surface area contributed by atoms with Crippen LogP contribution in [-0.4, -0.2) is 55.8 Å². The van der Waals surface area contributed by atoms with Crippen LogP contribution < -0.4 is 10.2 Å². The number of H-pyrrole nitrogens is 1. The number of aromatic nitrogens is 5. The lowest BCUT2D eigenvalue weighted by atomic mass is 10.0. The van der Waals surface area contributed by atoms with Crippen LogP contribution in [0.25, 0.3) is 22.1 Å². The second-order valence-electron chi connectivity index (χ2n) is 7.15. The summed E-state index contributed by atoms with van der Waals surface area (Å²) in [7, 11) is 0. The number of nitrogens with one attached hydrogen (secondary N) is 2. The lowest BCUT2D eigenvalue weighted by Gasteiger charge is -2.24. The number of pyridine rings is 1. The summed E-state index contributed by atoms with van der Waals surface area (Å²) in [5.74, 6) is 0.694. The van der Waals surface area contributed by atoms with Gasteiger partial charge in [-0.1, -0.05) is 11.6 Å². The van der Waals surface area contributed by atoms with Gasteiger partial charge in [-0.2, -0.15) is 0 Å². The van der Waals surface area contributed by atoms with E-state index in [2.05, 4.69) is 35.1 Å². The van der Waals surface area contributed by atoms with E-state index in [1.54, 1.807) is 12.5 Å². The molecule has 3 aromatic heterocycles. The zero-order valence-electron chi connectivity index (χ0n) is 15.6. The molecule has 0 bridgehead atoms. The largest absolute Gasteiger partial charge is 0.391 e. The van der Waals surface area contributed by atoms with Gasteiger partial charge in [0.1, 0.15) is 11.8 Å². The zero-order chi connectivity index (χ0) is 19.8. The Hall–Kier alpha value is -2.97. The van der Waals surface area contributed by atoms with Crippen LogP contribution >= 0.6 is 11.6 Å². The van der Waals surface area contributed by atoms with Gasteiger partial charge in [0.25, 0.3) is 0 Å². The first-order valence-corrected chi connectivity index (χ1v) is 9.95. The van der Waals surface area contributed by atoms with Crippen LogP contribution in [0.1, 0.15) is 12.0 Å². The monoisotopic (exact) mass is 409 g/mol. The van der Waals surface area contributed by atoms with Gasteiger partial charge in [-0.3, -0.25) is 4.98 Å². The summed E-state index contributed by atoms with van der Waals surface area (Å²) in [4.78, 5) is 22.5. The Bertz CT molecular complexity index is 1180. The normalized spacial score (nSPS) is 16.8. The van der Waals surface area contributed by atoms with Crippen molar-refractivity contribution in [1.29, 1.82) is 0 Å². The van der Waals surface area contributed by atoms with E-state index in [9.17, 15) is 5.11 Å². The number of aliphatic hydroxyl groups excluding tert-OH is 1. The molecular weight excluding hydrogens is 390 g/mol. The van der Waals surface area contributed by atoms with Gasteiger partial charge >= 0.3 is 0 Å². The number of hydrogen-bond acceptors (Lipinski definition) is 7. The highest BCUT2D eigenvalue weighted by molar-refractivity contribution is 6.36. The molecule has 3 N–H and O–H groups in total. The minimum absolute atomic E-state index is 0.315. The summed E-state index contributed by atoms with van der Waals surface area (Å²) < 4.78 is 0. The summed E-state index contributed by atoms with van der Waals surface area (Å²) in [5.41, 5.74) is 4.44. The summed E-state index contributed by atoms with van der Waals surface area (Å²) in [6.45, 7) is 2.05. The maximum Gasteiger partial charge on any atom is 0.162 e. The van der Waals surface area contributed by atoms with Gasteiger partial charge in [-0.05, 0) is 36.6 Å². The van der Waals surface area contributed by atoms with Gasteiger partial charge in [-0.25, -0.2) is 15.0 Å². The van der Waals surface area contributed by atoms with Crippen LogP contribution in [0.4, 0.5) is 11.5 Å². The van der Waals surface area contributed by atoms with Gasteiger partial charge < -0.3 is 20.3 Å². The van der Waals surface area contributed by atoms with Crippen LogP contribution in [0.15, 0.2) is 37.1 Å². The first kappa shape index (κ1) is 18.1. The third kappa shape index (κ3) is 3.34. The van der Waals surface area contributed by atoms with Gasteiger partial charge in [0.15, 0.2) is 11.5 Å². The molecule has 1 atom stereocenters. The SMILES string of the molecule is OC1CCN(c2c(CCNc3ncnc4[nH]cnc34)cc(Cl)c3cccnc23)C1. The molecule has 0 radical (unpaired) electrons. The zero-order valence-corrected chi connectivity index (χ0v) is 16.4. The molecule has 1 aliphatic rings. The van der Waals surface area contributed by atoms with E-state index in [0.29, 0.717) is 35.1 Å². The molecule has 29 heavy (non-hydrogen) atoms. The maximum absolute atomic E-state index is 10.1. The second-order valence-corrected chi connectivity index (χ2v) is 7.56. The highest BCUT2D eigenvalue weighted by Gasteiger charge is 2.25. The molecule has 0 aliphatic carbocycles. The van der Waals surface area contributed by atoms with Crippen LogP contribution in [0.3, 0.4) is 0 Å². The quantitative estimate of drug-likeness (QED) is 0.465. The fraction of sp³-hybridized carbons (Fsp3) is 0.300. The summed E-state index contributed by atoms with van der Waals surface area (Å²) in [6.07, 6.45) is 6.07. The van der Waals surface area contributed by atoms with E-state index in [0.717, 1.165) is 41.5 Å². The van der Waals surface area contributed by atoms with Crippen molar-refractivity contribution < 1.29 is 5.11 Å². The number of anilines is 2. The minimum atomic E-state index is -0.315. The van der Waals surface area contributed by atoms with Crippen molar-refractivity contribution in [3.63, 3.8) is 0 Å². The summed E-state index contributed by atoms with van der Waals surface area (Å²) >= 11 is 6.57. The Morgan fingerprint density at radius 1 is 1.24 bits per heavy atom. The van der Waals surface area contributed by atoms with Crippen molar-refractivity contribution in [1.82, 2.24) is 24.9 Å². The highest BCUT2D eigenvalue weighted by Crippen LogP contribution is 2.36. The van der Waals surface area contributed by atoms with Gasteiger partial charge in [0.05, 0.1) is 28.7 Å². The third-order valence-electron chi connectivity index (χ3n) is 5.28. The Balaban J connectivity index is 1.46. The molecule has 4 heterocycles. The first-order chi connectivity index (χ1) is 14.2. The number of benzene rings is 1. The smallest absolute Gasteiger partial charge is 0.162 e. The van der Waals surface area contributed by atoms with E-state index >= 15 is 0 Å². The van der Waals surface area contributed by atoms with Crippen molar-refractivity contribution in [2.24, 2.45) is 0 Å². The molecule has 0 spiro atoms. The van der Waals surface area contributed by atoms with E-state index in [-0.39, 0.29) is 6.10 Å². The number of hydrogen-bond donors (Lipinski definition) is 3. The van der Waals surface area contributed by atoms with Gasteiger partial charge in [0, 0.05) is 31.2 Å². The molecular formula is C20H20ClN7O. The maximum atomic E-state index is 10.1. The molecule has 5 rings (SSSR count). The Morgan fingerprint density at radius 2 is 2.17 bits per heavy atom. The van der Waals surface area contributed by atoms with E-state index in [1.165, 1.54) is 6.33 Å². The van der Waals surface area contributed by atoms with Crippen LogP contribution in [0.5, 0.6) is 0 Å². The van der Waals surface area contributed by atoms with Crippen LogP contribution in [0, 0.1) is 0 Å². The van der Waals surface area contributed by atoms with Crippen molar-refractivity contribution in [3.8, 4) is 0 Å². The molecule has 8 nitrogen and oxygen atoms in total. The Kier molecular flexibility index (Phi) is 4.65. The molecule has 1 saturated heterocycles. The standard InChI is InChI=1S/C20H20ClN7O/c21-15-8-12(3-6-23-19-17-20(25-10-24-17)27-11-26-19)18(28-7-4-13(29)9-28)16-14(15)2-1-5-22-16/h1-2,5,8,10-11,13,29H,3-4,6-7,9H2,(H2,23,24,25,26,27). The number of β-amino-alcohol motifs (C(OH)–C–C–N with tert-alkyl or cyclic N) is 1. The van der Waals surface area contributed by atoms with Crippen molar-refractivity contribution in [2.75, 3.05) is 29.9 Å². The average Bonchev–Trinajstić information content (AvgIpc) is 3.38. The number of nitrogens with zero attached hydrogens (tertiary/aromatic N) is 5. The fourth-order valence-corrected chi connectivity index (χ4v) is 4.22. The molecule has 4 aromatic rings. The minimum Gasteiger partial charge on any atom is -0.391 e. The Labute approximate surface area is 172 Å². The molecule has 0 saturated carbocycles. The van der Waals surface area contributed by atoms with E-state index in [1.807, 2.05) is 18.2 Å². The molecule has 148 valence electrons. The van der Waals surface area contributed by atoms with Crippen molar-refractivity contribution in [2.45, 2.75) is 18.9 Å². The third-order valence-corrected chi connectivity index (χ3v) is 5.59. The predicted octanol–water partition coefficient (Wildman–Crippen LogP) is 2.78. The second kappa shape index (κ2) is 7.46. The van der Waals surface area contributed by atoms with Crippen molar-refractivity contribution in [3.05, 3.63) is 47.6 Å². The van der Waals surface area contributed by atoms with E-state index < -0.39 is 0 Å². The lowest BCUT2D eigenvalue weighted by Crippen LogP contribution is -2.23. The number of rotatable bonds is 5. The molecule has 1 unspecified atom stereocenters. The fourth-order valence-electron chi connectivity index (χ4n) is 3.94. The van der Waals surface area contributed by atoms with Crippen LogP contribution in [-0.2, 0) is 6.42 Å². The molecule has 0 amide bonds. The number of imidazole rings is 1. The van der Waals surface area contributed by atoms with Gasteiger partial charge in [-0.15, -0.1) is 0 Å². The summed E-state index contributed by atoms with van der Waals surface area (Å²) in [6, 6.07) is 5.89. The predicted molar refractivity (Wildman–Crippen MR) is 113 cm³/mol. The number of aliphatic hydroxyl groups is 1. The molecule has 9 heteroatoms. The highest BCUT2D eigenvalue weighted by atomic mass is 35.5. The number of fused-ring (bicyclic) bond motifs is 2. The topological polar surface area (TPSA) is 103 Å². The molecule has 1 fully saturated rings. The number of aromatic amines is 1. The number of halogens is 1. The molecule has 1 aliphatic heterocycles. The van der Waals surface area contributed by atoms with Crippen LogP contribution in [0.2, 0.25) is 5.02 Å².